The van der Waals surface area contributed by atoms with E-state index in [0.717, 1.165) is 58.8 Å². The molecule has 0 aliphatic rings. The largest absolute Gasteiger partial charge is 0.481 e. The lowest BCUT2D eigenvalue weighted by molar-refractivity contribution is -0.137. The van der Waals surface area contributed by atoms with Crippen molar-refractivity contribution in [1.29, 1.82) is 0 Å². The molecule has 22 heavy (non-hydrogen) atoms. The number of aliphatic carboxylic acids is 1. The lowest BCUT2D eigenvalue weighted by atomic mass is 10.1. The Kier molecular flexibility index (Phi) is 12.5. The molecule has 132 valence electrons. The zero-order valence-electron chi connectivity index (χ0n) is 15.3. The lowest BCUT2D eigenvalue weighted by Crippen LogP contribution is -2.44. The van der Waals surface area contributed by atoms with Crippen LogP contribution in [0.3, 0.4) is 0 Å². The first-order chi connectivity index (χ1) is 10.5. The smallest absolute Gasteiger partial charge is 0.303 e. The molecule has 0 spiro atoms. The second kappa shape index (κ2) is 12.9. The Hall–Kier alpha value is -0.650. The van der Waals surface area contributed by atoms with Crippen molar-refractivity contribution in [3.63, 3.8) is 0 Å². The quantitative estimate of drug-likeness (QED) is 0.533. The molecule has 0 aliphatic heterocycles. The molecule has 1 atom stereocenters. The molecule has 0 amide bonds. The maximum Gasteiger partial charge on any atom is 0.303 e. The van der Waals surface area contributed by atoms with Gasteiger partial charge in [0.05, 0.1) is 0 Å². The standard InChI is InChI=1S/C17H37N3O2/c1-6-18(7-2)12-14-20(15-13-19(8-3)9-4)16(5)10-11-17(21)22/h16H,6-15H2,1-5H3,(H,21,22). The van der Waals surface area contributed by atoms with E-state index < -0.39 is 5.97 Å². The van der Waals surface area contributed by atoms with E-state index in [1.165, 1.54) is 0 Å². The highest BCUT2D eigenvalue weighted by molar-refractivity contribution is 5.66. The fraction of sp³-hybridized carbons (Fsp3) is 0.941. The minimum absolute atomic E-state index is 0.258. The number of carbonyl (C=O) groups is 1. The molecule has 5 nitrogen and oxygen atoms in total. The van der Waals surface area contributed by atoms with Gasteiger partial charge in [-0.3, -0.25) is 9.69 Å². The van der Waals surface area contributed by atoms with Gasteiger partial charge in [-0.15, -0.1) is 0 Å². The molecule has 1 N–H and O–H groups in total. The van der Waals surface area contributed by atoms with Gasteiger partial charge in [0.15, 0.2) is 0 Å². The molecule has 5 heteroatoms. The Labute approximate surface area is 137 Å². The summed E-state index contributed by atoms with van der Waals surface area (Å²) in [7, 11) is 0. The number of hydrogen-bond donors (Lipinski definition) is 1. The topological polar surface area (TPSA) is 47.0 Å². The summed E-state index contributed by atoms with van der Waals surface area (Å²) in [6.45, 7) is 19.4. The van der Waals surface area contributed by atoms with Crippen molar-refractivity contribution in [3.05, 3.63) is 0 Å². The van der Waals surface area contributed by atoms with Crippen LogP contribution in [-0.4, -0.2) is 84.2 Å². The third-order valence-electron chi connectivity index (χ3n) is 4.60. The van der Waals surface area contributed by atoms with Gasteiger partial charge in [0, 0.05) is 38.6 Å². The maximum absolute atomic E-state index is 10.8. The average molecular weight is 316 g/mol. The zero-order chi connectivity index (χ0) is 17.0. The van der Waals surface area contributed by atoms with Gasteiger partial charge in [-0.2, -0.15) is 0 Å². The molecule has 0 rings (SSSR count). The van der Waals surface area contributed by atoms with Crippen LogP contribution >= 0.6 is 0 Å². The molecular formula is C17H37N3O2. The third-order valence-corrected chi connectivity index (χ3v) is 4.60. The number of nitrogens with zero attached hydrogens (tertiary/aromatic N) is 3. The van der Waals surface area contributed by atoms with Gasteiger partial charge < -0.3 is 14.9 Å². The Bertz CT molecular complexity index is 263. The van der Waals surface area contributed by atoms with Crippen LogP contribution in [-0.2, 0) is 4.79 Å². The maximum atomic E-state index is 10.8. The van der Waals surface area contributed by atoms with Crippen molar-refractivity contribution in [3.8, 4) is 0 Å². The fourth-order valence-corrected chi connectivity index (χ4v) is 2.69. The lowest BCUT2D eigenvalue weighted by Gasteiger charge is -2.33. The van der Waals surface area contributed by atoms with Crippen LogP contribution in [0.15, 0.2) is 0 Å². The molecule has 0 aromatic carbocycles. The minimum atomic E-state index is -0.695. The minimum Gasteiger partial charge on any atom is -0.481 e. The number of likely N-dealkylation sites (N-methyl/N-ethyl adjacent to an activating group) is 2. The first kappa shape index (κ1) is 21.4. The Morgan fingerprint density at radius 1 is 0.864 bits per heavy atom. The summed E-state index contributed by atoms with van der Waals surface area (Å²) in [6.07, 6.45) is 0.986. The Morgan fingerprint density at radius 3 is 1.59 bits per heavy atom. The predicted molar refractivity (Wildman–Crippen MR) is 93.5 cm³/mol. The first-order valence-corrected chi connectivity index (χ1v) is 8.88. The second-order valence-electron chi connectivity index (χ2n) is 5.87. The van der Waals surface area contributed by atoms with E-state index in [1.807, 2.05) is 0 Å². The van der Waals surface area contributed by atoms with E-state index in [0.29, 0.717) is 6.04 Å². The number of carboxylic acid groups (broad SMARTS) is 1. The van der Waals surface area contributed by atoms with Crippen molar-refractivity contribution in [2.24, 2.45) is 0 Å². The van der Waals surface area contributed by atoms with E-state index in [1.54, 1.807) is 0 Å². The molecule has 0 aliphatic carbocycles. The summed E-state index contributed by atoms with van der Waals surface area (Å²) in [4.78, 5) is 18.1. The Morgan fingerprint density at radius 2 is 1.27 bits per heavy atom. The van der Waals surface area contributed by atoms with Crippen LogP contribution in [0.4, 0.5) is 0 Å². The van der Waals surface area contributed by atoms with Crippen molar-refractivity contribution in [2.75, 3.05) is 52.4 Å². The van der Waals surface area contributed by atoms with Gasteiger partial charge in [0.25, 0.3) is 0 Å². The van der Waals surface area contributed by atoms with E-state index in [2.05, 4.69) is 49.3 Å². The molecule has 0 radical (unpaired) electrons. The summed E-state index contributed by atoms with van der Waals surface area (Å²) in [5.74, 6) is -0.695. The predicted octanol–water partition coefficient (Wildman–Crippen LogP) is 2.23. The molecular weight excluding hydrogens is 278 g/mol. The summed E-state index contributed by atoms with van der Waals surface area (Å²) in [5, 5.41) is 8.90. The highest BCUT2D eigenvalue weighted by atomic mass is 16.4. The summed E-state index contributed by atoms with van der Waals surface area (Å²) < 4.78 is 0. The molecule has 0 saturated carbocycles. The van der Waals surface area contributed by atoms with Crippen LogP contribution in [0.1, 0.15) is 47.5 Å². The molecule has 0 aromatic heterocycles. The van der Waals surface area contributed by atoms with Crippen molar-refractivity contribution < 1.29 is 9.90 Å². The molecule has 0 aromatic rings. The normalized spacial score (nSPS) is 13.3. The van der Waals surface area contributed by atoms with Crippen molar-refractivity contribution in [1.82, 2.24) is 14.7 Å². The molecule has 0 saturated heterocycles. The summed E-state index contributed by atoms with van der Waals surface area (Å²) >= 11 is 0. The van der Waals surface area contributed by atoms with Gasteiger partial charge in [-0.25, -0.2) is 0 Å². The number of carboxylic acids is 1. The Balaban J connectivity index is 4.49. The second-order valence-corrected chi connectivity index (χ2v) is 5.87. The van der Waals surface area contributed by atoms with Crippen LogP contribution in [0.25, 0.3) is 0 Å². The van der Waals surface area contributed by atoms with E-state index >= 15 is 0 Å². The summed E-state index contributed by atoms with van der Waals surface area (Å²) in [5.41, 5.74) is 0. The van der Waals surface area contributed by atoms with E-state index in [4.69, 9.17) is 5.11 Å². The van der Waals surface area contributed by atoms with E-state index in [9.17, 15) is 4.79 Å². The molecule has 0 heterocycles. The van der Waals surface area contributed by atoms with Gasteiger partial charge in [-0.05, 0) is 39.5 Å². The van der Waals surface area contributed by atoms with Crippen LogP contribution in [0, 0.1) is 0 Å². The average Bonchev–Trinajstić information content (AvgIpc) is 2.52. The highest BCUT2D eigenvalue weighted by Gasteiger charge is 2.16. The monoisotopic (exact) mass is 315 g/mol. The fourth-order valence-electron chi connectivity index (χ4n) is 2.69. The molecule has 0 fully saturated rings. The molecule has 0 bridgehead atoms. The zero-order valence-corrected chi connectivity index (χ0v) is 15.3. The third kappa shape index (κ3) is 9.38. The SMILES string of the molecule is CCN(CC)CCN(CCN(CC)CC)C(C)CCC(=O)O. The van der Waals surface area contributed by atoms with Crippen LogP contribution in [0.5, 0.6) is 0 Å². The highest BCUT2D eigenvalue weighted by Crippen LogP contribution is 2.08. The van der Waals surface area contributed by atoms with E-state index in [-0.39, 0.29) is 6.42 Å². The van der Waals surface area contributed by atoms with Gasteiger partial charge in [0.2, 0.25) is 0 Å². The van der Waals surface area contributed by atoms with Gasteiger partial charge in [-0.1, -0.05) is 27.7 Å². The van der Waals surface area contributed by atoms with Gasteiger partial charge in [0.1, 0.15) is 0 Å². The molecule has 1 unspecified atom stereocenters. The van der Waals surface area contributed by atoms with Crippen molar-refractivity contribution in [2.45, 2.75) is 53.5 Å². The number of rotatable bonds is 14. The van der Waals surface area contributed by atoms with Gasteiger partial charge >= 0.3 is 5.97 Å². The first-order valence-electron chi connectivity index (χ1n) is 8.88. The summed E-state index contributed by atoms with van der Waals surface area (Å²) in [6, 6.07) is 0.322. The number of hydrogen-bond acceptors (Lipinski definition) is 4. The van der Waals surface area contributed by atoms with Crippen LogP contribution in [0.2, 0.25) is 0 Å². The van der Waals surface area contributed by atoms with Crippen molar-refractivity contribution >= 4 is 5.97 Å². The van der Waals surface area contributed by atoms with Crippen LogP contribution < -0.4 is 0 Å².